The summed E-state index contributed by atoms with van der Waals surface area (Å²) in [7, 11) is 0. The molecule has 0 saturated heterocycles. The van der Waals surface area contributed by atoms with Crippen molar-refractivity contribution in [3.8, 4) is 5.75 Å². The third-order valence-electron chi connectivity index (χ3n) is 3.32. The summed E-state index contributed by atoms with van der Waals surface area (Å²) >= 11 is 1.37. The van der Waals surface area contributed by atoms with Gasteiger partial charge in [-0.2, -0.15) is 8.78 Å². The van der Waals surface area contributed by atoms with Gasteiger partial charge in [0.25, 0.3) is 5.91 Å². The molecule has 0 bridgehead atoms. The van der Waals surface area contributed by atoms with Gasteiger partial charge in [0.15, 0.2) is 5.13 Å². The van der Waals surface area contributed by atoms with E-state index in [9.17, 15) is 13.6 Å². The van der Waals surface area contributed by atoms with Gasteiger partial charge in [-0.25, -0.2) is 4.98 Å². The highest BCUT2D eigenvalue weighted by Crippen LogP contribution is 2.22. The topological polar surface area (TPSA) is 51.2 Å². The number of aromatic nitrogens is 1. The highest BCUT2D eigenvalue weighted by atomic mass is 32.1. The number of alkyl halides is 2. The molecule has 0 atom stereocenters. The molecule has 25 heavy (non-hydrogen) atoms. The first-order valence-corrected chi connectivity index (χ1v) is 8.26. The Hall–Kier alpha value is -2.80. The van der Waals surface area contributed by atoms with Crippen LogP contribution in [0, 0.1) is 0 Å². The van der Waals surface area contributed by atoms with Crippen molar-refractivity contribution >= 4 is 22.4 Å². The molecule has 3 aromatic rings. The van der Waals surface area contributed by atoms with E-state index in [1.807, 2.05) is 30.3 Å². The molecular weight excluding hydrogens is 346 g/mol. The fourth-order valence-electron chi connectivity index (χ4n) is 2.23. The number of anilines is 1. The Bertz CT molecular complexity index is 853. The first-order chi connectivity index (χ1) is 12.1. The van der Waals surface area contributed by atoms with Crippen molar-refractivity contribution in [1.29, 1.82) is 0 Å². The van der Waals surface area contributed by atoms with Crippen molar-refractivity contribution in [2.75, 3.05) is 5.32 Å². The predicted molar refractivity (Wildman–Crippen MR) is 92.4 cm³/mol. The summed E-state index contributed by atoms with van der Waals surface area (Å²) in [6.07, 6.45) is 2.44. The Morgan fingerprint density at radius 1 is 1.16 bits per heavy atom. The fourth-order valence-corrected chi connectivity index (χ4v) is 3.07. The summed E-state index contributed by atoms with van der Waals surface area (Å²) in [4.78, 5) is 17.4. The zero-order valence-corrected chi connectivity index (χ0v) is 13.8. The number of halogens is 2. The normalized spacial score (nSPS) is 10.7. The summed E-state index contributed by atoms with van der Waals surface area (Å²) in [6, 6.07) is 15.6. The first kappa shape index (κ1) is 17.0. The van der Waals surface area contributed by atoms with E-state index in [-0.39, 0.29) is 11.3 Å². The minimum atomic E-state index is -2.93. The van der Waals surface area contributed by atoms with Crippen LogP contribution in [-0.4, -0.2) is 17.5 Å². The van der Waals surface area contributed by atoms with Gasteiger partial charge in [-0.1, -0.05) is 36.4 Å². The lowest BCUT2D eigenvalue weighted by Gasteiger charge is -2.06. The monoisotopic (exact) mass is 360 g/mol. The van der Waals surface area contributed by atoms with Crippen LogP contribution >= 0.6 is 11.3 Å². The molecule has 0 aliphatic rings. The molecule has 2 aromatic carbocycles. The van der Waals surface area contributed by atoms with Crippen molar-refractivity contribution < 1.29 is 18.3 Å². The van der Waals surface area contributed by atoms with Crippen LogP contribution in [0.25, 0.3) is 0 Å². The fraction of sp³-hybridized carbons (Fsp3) is 0.111. The van der Waals surface area contributed by atoms with Gasteiger partial charge in [-0.3, -0.25) is 10.1 Å². The van der Waals surface area contributed by atoms with E-state index < -0.39 is 12.5 Å². The van der Waals surface area contributed by atoms with Crippen LogP contribution < -0.4 is 10.1 Å². The molecule has 1 N–H and O–H groups in total. The predicted octanol–water partition coefficient (Wildman–Crippen LogP) is 4.59. The van der Waals surface area contributed by atoms with Gasteiger partial charge in [0.1, 0.15) is 5.75 Å². The number of carbonyl (C=O) groups excluding carboxylic acids is 1. The molecule has 0 radical (unpaired) electrons. The lowest BCUT2D eigenvalue weighted by molar-refractivity contribution is -0.0498. The van der Waals surface area contributed by atoms with Crippen molar-refractivity contribution in [2.45, 2.75) is 13.0 Å². The van der Waals surface area contributed by atoms with Crippen LogP contribution in [0.15, 0.2) is 60.8 Å². The molecule has 0 fully saturated rings. The second kappa shape index (κ2) is 7.85. The lowest BCUT2D eigenvalue weighted by Crippen LogP contribution is -2.12. The number of rotatable bonds is 6. The minimum absolute atomic E-state index is 0.0634. The number of thiazole rings is 1. The molecule has 0 saturated carbocycles. The van der Waals surface area contributed by atoms with Crippen molar-refractivity contribution in [2.24, 2.45) is 0 Å². The lowest BCUT2D eigenvalue weighted by atomic mass is 10.1. The Morgan fingerprint density at radius 2 is 1.96 bits per heavy atom. The van der Waals surface area contributed by atoms with Crippen LogP contribution in [-0.2, 0) is 6.42 Å². The third kappa shape index (κ3) is 4.84. The maximum absolute atomic E-state index is 12.3. The number of hydrogen-bond acceptors (Lipinski definition) is 4. The van der Waals surface area contributed by atoms with Gasteiger partial charge in [-0.05, 0) is 23.8 Å². The van der Waals surface area contributed by atoms with Crippen LogP contribution in [0.4, 0.5) is 13.9 Å². The first-order valence-electron chi connectivity index (χ1n) is 7.45. The van der Waals surface area contributed by atoms with Gasteiger partial charge < -0.3 is 4.74 Å². The molecule has 0 aliphatic carbocycles. The summed E-state index contributed by atoms with van der Waals surface area (Å²) < 4.78 is 28.8. The Labute approximate surface area is 147 Å². The molecular formula is C18H14F2N2O2S. The van der Waals surface area contributed by atoms with Gasteiger partial charge in [0.2, 0.25) is 0 Å². The Balaban J connectivity index is 1.65. The van der Waals surface area contributed by atoms with E-state index in [1.165, 1.54) is 35.6 Å². The van der Waals surface area contributed by atoms with E-state index >= 15 is 0 Å². The van der Waals surface area contributed by atoms with Crippen molar-refractivity contribution in [3.63, 3.8) is 0 Å². The van der Waals surface area contributed by atoms with Crippen molar-refractivity contribution in [1.82, 2.24) is 4.98 Å². The number of carbonyl (C=O) groups is 1. The molecule has 3 rings (SSSR count). The van der Waals surface area contributed by atoms with Gasteiger partial charge in [-0.15, -0.1) is 11.3 Å². The maximum atomic E-state index is 12.3. The van der Waals surface area contributed by atoms with Gasteiger partial charge in [0, 0.05) is 23.1 Å². The number of ether oxygens (including phenoxy) is 1. The van der Waals surface area contributed by atoms with E-state index in [0.717, 1.165) is 16.9 Å². The summed E-state index contributed by atoms with van der Waals surface area (Å²) in [6.45, 7) is -2.93. The minimum Gasteiger partial charge on any atom is -0.435 e. The number of nitrogens with one attached hydrogen (secondary N) is 1. The molecule has 0 aliphatic heterocycles. The molecule has 1 heterocycles. The molecule has 0 spiro atoms. The maximum Gasteiger partial charge on any atom is 0.387 e. The number of amides is 1. The Kier molecular flexibility index (Phi) is 5.35. The quantitative estimate of drug-likeness (QED) is 0.700. The SMILES string of the molecule is O=C(Nc1ncc(Cc2ccccc2)s1)c1cccc(OC(F)F)c1. The summed E-state index contributed by atoms with van der Waals surface area (Å²) in [5.74, 6) is -0.494. The largest absolute Gasteiger partial charge is 0.435 e. The number of hydrogen-bond donors (Lipinski definition) is 1. The van der Waals surface area contributed by atoms with E-state index in [1.54, 1.807) is 6.20 Å². The summed E-state index contributed by atoms with van der Waals surface area (Å²) in [5.41, 5.74) is 1.37. The van der Waals surface area contributed by atoms with Crippen LogP contribution in [0.2, 0.25) is 0 Å². The Morgan fingerprint density at radius 3 is 2.72 bits per heavy atom. The number of nitrogens with zero attached hydrogens (tertiary/aromatic N) is 1. The second-order valence-corrected chi connectivity index (χ2v) is 6.27. The summed E-state index contributed by atoms with van der Waals surface area (Å²) in [5, 5.41) is 3.13. The van der Waals surface area contributed by atoms with Crippen LogP contribution in [0.5, 0.6) is 5.75 Å². The second-order valence-electron chi connectivity index (χ2n) is 5.15. The highest BCUT2D eigenvalue weighted by Gasteiger charge is 2.12. The third-order valence-corrected chi connectivity index (χ3v) is 4.23. The van der Waals surface area contributed by atoms with Crippen LogP contribution in [0.1, 0.15) is 20.8 Å². The molecule has 1 amide bonds. The molecule has 4 nitrogen and oxygen atoms in total. The highest BCUT2D eigenvalue weighted by molar-refractivity contribution is 7.15. The molecule has 7 heteroatoms. The van der Waals surface area contributed by atoms with Crippen LogP contribution in [0.3, 0.4) is 0 Å². The average Bonchev–Trinajstić information content (AvgIpc) is 3.02. The standard InChI is InChI=1S/C18H14F2N2O2S/c19-17(20)24-14-8-4-7-13(10-14)16(23)22-18-21-11-15(25-18)9-12-5-2-1-3-6-12/h1-8,10-11,17H,9H2,(H,21,22,23). The van der Waals surface area contributed by atoms with Crippen molar-refractivity contribution in [3.05, 3.63) is 76.8 Å². The number of benzene rings is 2. The molecule has 0 unspecified atom stereocenters. The average molecular weight is 360 g/mol. The smallest absolute Gasteiger partial charge is 0.387 e. The van der Waals surface area contributed by atoms with E-state index in [4.69, 9.17) is 0 Å². The van der Waals surface area contributed by atoms with E-state index in [2.05, 4.69) is 15.0 Å². The molecule has 128 valence electrons. The molecule has 1 aromatic heterocycles. The van der Waals surface area contributed by atoms with E-state index in [0.29, 0.717) is 5.13 Å². The van der Waals surface area contributed by atoms with Gasteiger partial charge >= 0.3 is 6.61 Å². The van der Waals surface area contributed by atoms with Gasteiger partial charge in [0.05, 0.1) is 0 Å². The zero-order valence-electron chi connectivity index (χ0n) is 13.0. The zero-order chi connectivity index (χ0) is 17.6.